The molecule has 0 saturated heterocycles. The first-order chi connectivity index (χ1) is 17.3. The van der Waals surface area contributed by atoms with Crippen LogP contribution in [0.15, 0.2) is 74.7 Å². The SMILES string of the molecule is CCOc1cc(/C=N/NC(=O)c2cc3cc([N+](=O)[O-])ccc3o2)cc(Cl)c1OCc1ccc(Br)cc1. The first-order valence-electron chi connectivity index (χ1n) is 10.7. The third-order valence-corrected chi connectivity index (χ3v) is 5.75. The Balaban J connectivity index is 1.46. The molecule has 0 aliphatic carbocycles. The summed E-state index contributed by atoms with van der Waals surface area (Å²) in [5, 5.41) is 15.6. The van der Waals surface area contributed by atoms with E-state index in [2.05, 4.69) is 26.5 Å². The summed E-state index contributed by atoms with van der Waals surface area (Å²) in [6, 6.07) is 16.5. The summed E-state index contributed by atoms with van der Waals surface area (Å²) in [5.41, 5.74) is 4.15. The number of ether oxygens (including phenoxy) is 2. The molecule has 1 aromatic heterocycles. The third kappa shape index (κ3) is 6.02. The Bertz CT molecular complexity index is 1450. The maximum Gasteiger partial charge on any atom is 0.307 e. The van der Waals surface area contributed by atoms with Crippen LogP contribution >= 0.6 is 27.5 Å². The molecule has 1 heterocycles. The van der Waals surface area contributed by atoms with Crippen molar-refractivity contribution in [1.82, 2.24) is 5.43 Å². The Morgan fingerprint density at radius 1 is 1.17 bits per heavy atom. The van der Waals surface area contributed by atoms with E-state index in [1.807, 2.05) is 31.2 Å². The van der Waals surface area contributed by atoms with Crippen LogP contribution in [-0.2, 0) is 6.61 Å². The first-order valence-corrected chi connectivity index (χ1v) is 11.9. The molecule has 0 atom stereocenters. The number of benzene rings is 3. The summed E-state index contributed by atoms with van der Waals surface area (Å²) in [4.78, 5) is 22.8. The molecule has 0 bridgehead atoms. The monoisotopic (exact) mass is 571 g/mol. The summed E-state index contributed by atoms with van der Waals surface area (Å²) >= 11 is 9.86. The van der Waals surface area contributed by atoms with Crippen molar-refractivity contribution in [3.8, 4) is 11.5 Å². The Morgan fingerprint density at radius 2 is 1.94 bits per heavy atom. The van der Waals surface area contributed by atoms with E-state index in [0.717, 1.165) is 10.0 Å². The molecule has 1 amide bonds. The van der Waals surface area contributed by atoms with E-state index in [0.29, 0.717) is 46.3 Å². The van der Waals surface area contributed by atoms with Crippen LogP contribution in [0.3, 0.4) is 0 Å². The average molecular weight is 573 g/mol. The molecule has 0 spiro atoms. The van der Waals surface area contributed by atoms with Crippen LogP contribution in [0.1, 0.15) is 28.6 Å². The molecule has 0 aliphatic rings. The van der Waals surface area contributed by atoms with E-state index in [4.69, 9.17) is 25.5 Å². The van der Waals surface area contributed by atoms with E-state index in [-0.39, 0.29) is 11.4 Å². The predicted octanol–water partition coefficient (Wildman–Crippen LogP) is 6.50. The highest BCUT2D eigenvalue weighted by Crippen LogP contribution is 2.37. The van der Waals surface area contributed by atoms with Gasteiger partial charge < -0.3 is 13.9 Å². The van der Waals surface area contributed by atoms with Crippen LogP contribution in [0.5, 0.6) is 11.5 Å². The van der Waals surface area contributed by atoms with E-state index in [1.165, 1.54) is 30.5 Å². The summed E-state index contributed by atoms with van der Waals surface area (Å²) < 4.78 is 18.0. The number of halogens is 2. The lowest BCUT2D eigenvalue weighted by atomic mass is 10.2. The highest BCUT2D eigenvalue weighted by atomic mass is 79.9. The van der Waals surface area contributed by atoms with Crippen molar-refractivity contribution in [3.05, 3.63) is 97.2 Å². The van der Waals surface area contributed by atoms with Gasteiger partial charge in [0.1, 0.15) is 12.2 Å². The number of amides is 1. The number of non-ortho nitro benzene ring substituents is 1. The third-order valence-electron chi connectivity index (χ3n) is 4.94. The molecule has 0 unspecified atom stereocenters. The number of hydrogen-bond donors (Lipinski definition) is 1. The lowest BCUT2D eigenvalue weighted by Gasteiger charge is -2.14. The number of nitrogens with one attached hydrogen (secondary N) is 1. The van der Waals surface area contributed by atoms with Gasteiger partial charge in [0.15, 0.2) is 17.3 Å². The number of hydrazone groups is 1. The van der Waals surface area contributed by atoms with Crippen molar-refractivity contribution < 1.29 is 23.6 Å². The number of nitrogens with zero attached hydrogens (tertiary/aromatic N) is 2. The smallest absolute Gasteiger partial charge is 0.307 e. The largest absolute Gasteiger partial charge is 0.490 e. The zero-order valence-corrected chi connectivity index (χ0v) is 21.2. The summed E-state index contributed by atoms with van der Waals surface area (Å²) in [6.07, 6.45) is 1.40. The van der Waals surface area contributed by atoms with Crippen molar-refractivity contribution >= 4 is 56.3 Å². The van der Waals surface area contributed by atoms with Gasteiger partial charge in [-0.15, -0.1) is 0 Å². The Kier molecular flexibility index (Phi) is 7.87. The minimum atomic E-state index is -0.615. The number of furan rings is 1. The van der Waals surface area contributed by atoms with E-state index >= 15 is 0 Å². The van der Waals surface area contributed by atoms with Gasteiger partial charge in [-0.2, -0.15) is 5.10 Å². The van der Waals surface area contributed by atoms with Gasteiger partial charge in [0, 0.05) is 22.0 Å². The minimum absolute atomic E-state index is 0.0348. The van der Waals surface area contributed by atoms with Crippen molar-refractivity contribution in [2.45, 2.75) is 13.5 Å². The highest BCUT2D eigenvalue weighted by molar-refractivity contribution is 9.10. The number of fused-ring (bicyclic) bond motifs is 1. The number of carbonyl (C=O) groups is 1. The predicted molar refractivity (Wildman–Crippen MR) is 139 cm³/mol. The van der Waals surface area contributed by atoms with Gasteiger partial charge in [-0.3, -0.25) is 14.9 Å². The molecule has 36 heavy (non-hydrogen) atoms. The van der Waals surface area contributed by atoms with Crippen molar-refractivity contribution in [2.75, 3.05) is 6.61 Å². The minimum Gasteiger partial charge on any atom is -0.490 e. The van der Waals surface area contributed by atoms with E-state index in [9.17, 15) is 14.9 Å². The van der Waals surface area contributed by atoms with Gasteiger partial charge in [0.05, 0.1) is 22.8 Å². The summed E-state index contributed by atoms with van der Waals surface area (Å²) in [7, 11) is 0. The molecule has 11 heteroatoms. The van der Waals surface area contributed by atoms with E-state index in [1.54, 1.807) is 12.1 Å². The first kappa shape index (κ1) is 25.2. The topological polar surface area (TPSA) is 116 Å². The fourth-order valence-electron chi connectivity index (χ4n) is 3.28. The Hall–Kier alpha value is -3.89. The Labute approximate surface area is 218 Å². The maximum absolute atomic E-state index is 12.4. The van der Waals surface area contributed by atoms with Crippen molar-refractivity contribution in [2.24, 2.45) is 5.10 Å². The van der Waals surface area contributed by atoms with Crippen LogP contribution in [-0.4, -0.2) is 23.7 Å². The lowest BCUT2D eigenvalue weighted by molar-refractivity contribution is -0.384. The number of nitro groups is 1. The summed E-state index contributed by atoms with van der Waals surface area (Å²) in [5.74, 6) is 0.191. The second-order valence-electron chi connectivity index (χ2n) is 7.47. The van der Waals surface area contributed by atoms with Gasteiger partial charge in [0.2, 0.25) is 0 Å². The van der Waals surface area contributed by atoms with Gasteiger partial charge >= 0.3 is 5.91 Å². The molecule has 184 valence electrons. The number of hydrogen-bond acceptors (Lipinski definition) is 7. The maximum atomic E-state index is 12.4. The molecule has 9 nitrogen and oxygen atoms in total. The van der Waals surface area contributed by atoms with E-state index < -0.39 is 10.8 Å². The molecule has 3 aromatic carbocycles. The second kappa shape index (κ2) is 11.2. The van der Waals surface area contributed by atoms with Gasteiger partial charge in [-0.25, -0.2) is 5.43 Å². The fourth-order valence-corrected chi connectivity index (χ4v) is 3.82. The quantitative estimate of drug-likeness (QED) is 0.139. The van der Waals surface area contributed by atoms with Crippen LogP contribution < -0.4 is 14.9 Å². The van der Waals surface area contributed by atoms with Crippen LogP contribution in [0.25, 0.3) is 11.0 Å². The average Bonchev–Trinajstić information content (AvgIpc) is 3.28. The number of carbonyl (C=O) groups excluding carboxylic acids is 1. The highest BCUT2D eigenvalue weighted by Gasteiger charge is 2.15. The van der Waals surface area contributed by atoms with Crippen LogP contribution in [0.4, 0.5) is 5.69 Å². The molecular weight excluding hydrogens is 554 g/mol. The zero-order valence-electron chi connectivity index (χ0n) is 18.9. The second-order valence-corrected chi connectivity index (χ2v) is 8.79. The molecule has 4 rings (SSSR count). The molecule has 1 N–H and O–H groups in total. The Morgan fingerprint density at radius 3 is 2.67 bits per heavy atom. The lowest BCUT2D eigenvalue weighted by Crippen LogP contribution is -2.16. The molecule has 0 saturated carbocycles. The summed E-state index contributed by atoms with van der Waals surface area (Å²) in [6.45, 7) is 2.54. The zero-order chi connectivity index (χ0) is 25.7. The molecule has 0 fully saturated rings. The van der Waals surface area contributed by atoms with Crippen LogP contribution in [0, 0.1) is 10.1 Å². The van der Waals surface area contributed by atoms with Crippen molar-refractivity contribution in [3.63, 3.8) is 0 Å². The molecule has 0 radical (unpaired) electrons. The molecule has 4 aromatic rings. The van der Waals surface area contributed by atoms with Gasteiger partial charge in [-0.1, -0.05) is 39.7 Å². The standard InChI is InChI=1S/C25H19BrClN3O6/c1-2-34-22-10-16(9-20(27)24(22)35-14-15-3-5-18(26)6-4-15)13-28-29-25(31)23-12-17-11-19(30(32)33)7-8-21(17)36-23/h3-13H,2,14H2,1H3,(H,29,31)/b28-13+. The van der Waals surface area contributed by atoms with Crippen molar-refractivity contribution in [1.29, 1.82) is 0 Å². The van der Waals surface area contributed by atoms with Gasteiger partial charge in [-0.05, 0) is 54.4 Å². The van der Waals surface area contributed by atoms with Crippen LogP contribution in [0.2, 0.25) is 5.02 Å². The van der Waals surface area contributed by atoms with Gasteiger partial charge in [0.25, 0.3) is 5.69 Å². The molecular formula is C25H19BrClN3O6. The number of nitro benzene ring substituents is 1. The normalized spacial score (nSPS) is 11.1. The fraction of sp³-hybridized carbons (Fsp3) is 0.120. The number of rotatable bonds is 9. The molecule has 0 aliphatic heterocycles.